The molecule has 0 radical (unpaired) electrons. The number of carboxylic acids is 1. The van der Waals surface area contributed by atoms with Crippen LogP contribution in [0.15, 0.2) is 42.5 Å². The van der Waals surface area contributed by atoms with Crippen molar-refractivity contribution in [3.8, 4) is 22.6 Å². The normalized spacial score (nSPS) is 10.6. The first-order chi connectivity index (χ1) is 9.47. The molecule has 4 nitrogen and oxygen atoms in total. The van der Waals surface area contributed by atoms with E-state index in [-0.39, 0.29) is 17.1 Å². The van der Waals surface area contributed by atoms with E-state index in [1.165, 1.54) is 36.4 Å². The van der Waals surface area contributed by atoms with Crippen molar-refractivity contribution in [1.29, 1.82) is 0 Å². The van der Waals surface area contributed by atoms with Gasteiger partial charge >= 0.3 is 12.6 Å². The molecule has 0 heterocycles. The van der Waals surface area contributed by atoms with E-state index in [1.54, 1.807) is 0 Å². The van der Waals surface area contributed by atoms with E-state index < -0.39 is 12.6 Å². The number of carboxylic acid groups (broad SMARTS) is 1. The van der Waals surface area contributed by atoms with Crippen LogP contribution in [0.4, 0.5) is 8.78 Å². The fraction of sp³-hybridized carbons (Fsp3) is 0.0714. The molecule has 0 saturated carbocycles. The molecule has 0 aliphatic carbocycles. The van der Waals surface area contributed by atoms with Gasteiger partial charge in [0.15, 0.2) is 0 Å². The number of halogens is 2. The maximum atomic E-state index is 12.4. The van der Waals surface area contributed by atoms with Crippen LogP contribution in [-0.2, 0) is 0 Å². The number of phenolic OH excluding ortho intramolecular Hbond substituents is 1. The number of phenols is 1. The Hall–Kier alpha value is -2.63. The average Bonchev–Trinajstić information content (AvgIpc) is 2.39. The predicted molar refractivity (Wildman–Crippen MR) is 67.1 cm³/mol. The Balaban J connectivity index is 2.50. The third-order valence-electron chi connectivity index (χ3n) is 2.62. The van der Waals surface area contributed by atoms with E-state index in [4.69, 9.17) is 5.11 Å². The standard InChI is InChI=1S/C14H10F2O4/c15-14(16)20-12-7-9(13(18)19)3-6-11(12)8-1-4-10(17)5-2-8/h1-7,14,17H,(H,18,19). The summed E-state index contributed by atoms with van der Waals surface area (Å²) in [7, 11) is 0. The second-order valence-corrected chi connectivity index (χ2v) is 3.94. The number of carbonyl (C=O) groups is 1. The number of aromatic hydroxyl groups is 1. The molecule has 0 aliphatic rings. The maximum Gasteiger partial charge on any atom is 0.387 e. The van der Waals surface area contributed by atoms with Gasteiger partial charge in [-0.2, -0.15) is 8.78 Å². The van der Waals surface area contributed by atoms with Crippen molar-refractivity contribution in [2.45, 2.75) is 6.61 Å². The van der Waals surface area contributed by atoms with E-state index >= 15 is 0 Å². The fourth-order valence-electron chi connectivity index (χ4n) is 1.73. The molecule has 0 fully saturated rings. The molecule has 6 heteroatoms. The van der Waals surface area contributed by atoms with Crippen LogP contribution < -0.4 is 4.74 Å². The third-order valence-corrected chi connectivity index (χ3v) is 2.62. The molecular weight excluding hydrogens is 270 g/mol. The molecular formula is C14H10F2O4. The van der Waals surface area contributed by atoms with E-state index in [0.717, 1.165) is 6.07 Å². The lowest BCUT2D eigenvalue weighted by molar-refractivity contribution is -0.0495. The van der Waals surface area contributed by atoms with Crippen LogP contribution in [0.2, 0.25) is 0 Å². The van der Waals surface area contributed by atoms with Crippen molar-refractivity contribution in [1.82, 2.24) is 0 Å². The van der Waals surface area contributed by atoms with Gasteiger partial charge < -0.3 is 14.9 Å². The number of hydrogen-bond acceptors (Lipinski definition) is 3. The number of rotatable bonds is 4. The molecule has 104 valence electrons. The first-order valence-electron chi connectivity index (χ1n) is 5.59. The van der Waals surface area contributed by atoms with Gasteiger partial charge in [0, 0.05) is 5.56 Å². The number of aromatic carboxylic acids is 1. The van der Waals surface area contributed by atoms with Gasteiger partial charge in [-0.15, -0.1) is 0 Å². The van der Waals surface area contributed by atoms with Crippen molar-refractivity contribution in [2.75, 3.05) is 0 Å². The van der Waals surface area contributed by atoms with Gasteiger partial charge in [-0.3, -0.25) is 0 Å². The molecule has 20 heavy (non-hydrogen) atoms. The van der Waals surface area contributed by atoms with E-state index in [9.17, 15) is 18.7 Å². The highest BCUT2D eigenvalue weighted by Gasteiger charge is 2.14. The molecule has 0 unspecified atom stereocenters. The molecule has 0 spiro atoms. The number of hydrogen-bond donors (Lipinski definition) is 2. The van der Waals surface area contributed by atoms with Gasteiger partial charge in [-0.25, -0.2) is 4.79 Å². The molecule has 2 aromatic carbocycles. The second kappa shape index (κ2) is 5.56. The van der Waals surface area contributed by atoms with Crippen molar-refractivity contribution in [3.05, 3.63) is 48.0 Å². The molecule has 2 rings (SSSR count). The van der Waals surface area contributed by atoms with Gasteiger partial charge in [-0.1, -0.05) is 12.1 Å². The SMILES string of the molecule is O=C(O)c1ccc(-c2ccc(O)cc2)c(OC(F)F)c1. The Kier molecular flexibility index (Phi) is 3.84. The largest absolute Gasteiger partial charge is 0.508 e. The molecule has 2 N–H and O–H groups in total. The summed E-state index contributed by atoms with van der Waals surface area (Å²) in [6.07, 6.45) is 0. The Morgan fingerprint density at radius 2 is 1.75 bits per heavy atom. The number of alkyl halides is 2. The number of benzene rings is 2. The van der Waals surface area contributed by atoms with Gasteiger partial charge in [0.25, 0.3) is 0 Å². The first kappa shape index (κ1) is 13.8. The lowest BCUT2D eigenvalue weighted by Crippen LogP contribution is -2.05. The van der Waals surface area contributed by atoms with Gasteiger partial charge in [0.05, 0.1) is 5.56 Å². The summed E-state index contributed by atoms with van der Waals surface area (Å²) in [5.41, 5.74) is 0.689. The van der Waals surface area contributed by atoms with E-state index in [0.29, 0.717) is 11.1 Å². The quantitative estimate of drug-likeness (QED) is 0.901. The van der Waals surface area contributed by atoms with Gasteiger partial charge in [-0.05, 0) is 35.9 Å². The fourth-order valence-corrected chi connectivity index (χ4v) is 1.73. The first-order valence-corrected chi connectivity index (χ1v) is 5.59. The lowest BCUT2D eigenvalue weighted by Gasteiger charge is -2.12. The predicted octanol–water partition coefficient (Wildman–Crippen LogP) is 3.36. The minimum Gasteiger partial charge on any atom is -0.508 e. The van der Waals surface area contributed by atoms with Crippen molar-refractivity contribution in [2.24, 2.45) is 0 Å². The van der Waals surface area contributed by atoms with Crippen LogP contribution in [0, 0.1) is 0 Å². The lowest BCUT2D eigenvalue weighted by atomic mass is 10.0. The average molecular weight is 280 g/mol. The van der Waals surface area contributed by atoms with Crippen LogP contribution in [-0.4, -0.2) is 22.8 Å². The zero-order chi connectivity index (χ0) is 14.7. The Morgan fingerprint density at radius 3 is 2.30 bits per heavy atom. The third kappa shape index (κ3) is 3.03. The monoisotopic (exact) mass is 280 g/mol. The highest BCUT2D eigenvalue weighted by Crippen LogP contribution is 2.33. The Morgan fingerprint density at radius 1 is 1.10 bits per heavy atom. The summed E-state index contributed by atoms with van der Waals surface area (Å²) >= 11 is 0. The van der Waals surface area contributed by atoms with Gasteiger partial charge in [0.2, 0.25) is 0 Å². The second-order valence-electron chi connectivity index (χ2n) is 3.94. The zero-order valence-corrected chi connectivity index (χ0v) is 10.1. The van der Waals surface area contributed by atoms with Gasteiger partial charge in [0.1, 0.15) is 11.5 Å². The van der Waals surface area contributed by atoms with Crippen LogP contribution >= 0.6 is 0 Å². The van der Waals surface area contributed by atoms with Crippen LogP contribution in [0.3, 0.4) is 0 Å². The summed E-state index contributed by atoms with van der Waals surface area (Å²) in [5, 5.41) is 18.1. The molecule has 0 aromatic heterocycles. The number of ether oxygens (including phenoxy) is 1. The Bertz CT molecular complexity index is 624. The Labute approximate surface area is 112 Å². The minimum atomic E-state index is -3.06. The van der Waals surface area contributed by atoms with Crippen LogP contribution in [0.5, 0.6) is 11.5 Å². The summed E-state index contributed by atoms with van der Waals surface area (Å²) in [6, 6.07) is 9.54. The topological polar surface area (TPSA) is 66.8 Å². The zero-order valence-electron chi connectivity index (χ0n) is 10.1. The van der Waals surface area contributed by atoms with E-state index in [1.807, 2.05) is 0 Å². The van der Waals surface area contributed by atoms with Crippen molar-refractivity contribution < 1.29 is 28.5 Å². The summed E-state index contributed by atoms with van der Waals surface area (Å²) < 4.78 is 29.2. The smallest absolute Gasteiger partial charge is 0.387 e. The van der Waals surface area contributed by atoms with Crippen molar-refractivity contribution >= 4 is 5.97 Å². The maximum absolute atomic E-state index is 12.4. The molecule has 0 amide bonds. The van der Waals surface area contributed by atoms with Crippen molar-refractivity contribution in [3.63, 3.8) is 0 Å². The molecule has 0 atom stereocenters. The van der Waals surface area contributed by atoms with Crippen LogP contribution in [0.25, 0.3) is 11.1 Å². The molecule has 0 saturated heterocycles. The summed E-state index contributed by atoms with van der Waals surface area (Å²) in [5.74, 6) is -1.43. The summed E-state index contributed by atoms with van der Waals surface area (Å²) in [6.45, 7) is -3.06. The highest BCUT2D eigenvalue weighted by atomic mass is 19.3. The molecule has 0 aliphatic heterocycles. The molecule has 2 aromatic rings. The molecule has 0 bridgehead atoms. The van der Waals surface area contributed by atoms with Crippen LogP contribution in [0.1, 0.15) is 10.4 Å². The minimum absolute atomic E-state index is 0.0345. The highest BCUT2D eigenvalue weighted by molar-refractivity contribution is 5.89. The summed E-state index contributed by atoms with van der Waals surface area (Å²) in [4.78, 5) is 10.9. The van der Waals surface area contributed by atoms with E-state index in [2.05, 4.69) is 4.74 Å².